The van der Waals surface area contributed by atoms with E-state index in [4.69, 9.17) is 16.7 Å². The molecule has 2 aliphatic heterocycles. The molecule has 2 aliphatic rings. The van der Waals surface area contributed by atoms with Crippen LogP contribution in [0, 0.1) is 11.8 Å². The first-order chi connectivity index (χ1) is 10.8. The van der Waals surface area contributed by atoms with Gasteiger partial charge in [0.05, 0.1) is 5.75 Å². The number of halogens is 1. The highest BCUT2D eigenvalue weighted by molar-refractivity contribution is 7.89. The largest absolute Gasteiger partial charge is 0.465 e. The smallest absolute Gasteiger partial charge is 0.407 e. The molecule has 1 N–H and O–H groups in total. The maximum Gasteiger partial charge on any atom is 0.407 e. The maximum atomic E-state index is 12.5. The van der Waals surface area contributed by atoms with Crippen LogP contribution in [0.5, 0.6) is 0 Å². The third-order valence-electron chi connectivity index (χ3n) is 4.65. The molecule has 1 aromatic rings. The predicted molar refractivity (Wildman–Crippen MR) is 87.1 cm³/mol. The van der Waals surface area contributed by atoms with Crippen molar-refractivity contribution in [2.45, 2.75) is 6.42 Å². The Labute approximate surface area is 140 Å². The van der Waals surface area contributed by atoms with Gasteiger partial charge in [-0.15, -0.1) is 0 Å². The van der Waals surface area contributed by atoms with Gasteiger partial charge in [-0.1, -0.05) is 23.7 Å². The molecule has 2 heterocycles. The number of hydrogen-bond donors (Lipinski definition) is 1. The Morgan fingerprint density at radius 1 is 1.22 bits per heavy atom. The van der Waals surface area contributed by atoms with Crippen molar-refractivity contribution < 1.29 is 18.3 Å². The maximum absolute atomic E-state index is 12.5. The Balaban J connectivity index is 1.59. The normalized spacial score (nSPS) is 24.8. The van der Waals surface area contributed by atoms with Crippen LogP contribution in [-0.4, -0.2) is 60.8 Å². The number of benzene rings is 1. The summed E-state index contributed by atoms with van der Waals surface area (Å²) < 4.78 is 26.5. The summed E-state index contributed by atoms with van der Waals surface area (Å²) in [5.41, 5.74) is 0.900. The zero-order valence-electron chi connectivity index (χ0n) is 12.6. The lowest BCUT2D eigenvalue weighted by Gasteiger charge is -2.20. The molecule has 23 heavy (non-hydrogen) atoms. The fraction of sp³-hybridized carbons (Fsp3) is 0.533. The molecule has 0 saturated carbocycles. The van der Waals surface area contributed by atoms with E-state index in [0.29, 0.717) is 37.6 Å². The standard InChI is InChI=1S/C15H19ClN2O4S/c16-14-3-1-2-11(6-14)4-5-23(21,22)18-9-12-7-17(15(19)20)8-13(12)10-18/h1-3,6,12-13H,4-5,7-10H2,(H,19,20). The molecule has 0 aromatic heterocycles. The van der Waals surface area contributed by atoms with E-state index in [9.17, 15) is 13.2 Å². The number of aryl methyl sites for hydroxylation is 1. The number of rotatable bonds is 4. The van der Waals surface area contributed by atoms with Crippen molar-refractivity contribution in [3.05, 3.63) is 34.9 Å². The van der Waals surface area contributed by atoms with Crippen molar-refractivity contribution in [3.8, 4) is 0 Å². The average molecular weight is 359 g/mol. The molecular weight excluding hydrogens is 340 g/mol. The first-order valence-corrected chi connectivity index (χ1v) is 9.54. The predicted octanol–water partition coefficient (Wildman–Crippen LogP) is 1.75. The zero-order chi connectivity index (χ0) is 16.6. The number of likely N-dealkylation sites (tertiary alicyclic amines) is 1. The topological polar surface area (TPSA) is 77.9 Å². The molecule has 3 rings (SSSR count). The van der Waals surface area contributed by atoms with Crippen LogP contribution in [0.25, 0.3) is 0 Å². The van der Waals surface area contributed by atoms with Crippen molar-refractivity contribution in [2.75, 3.05) is 31.9 Å². The quantitative estimate of drug-likeness (QED) is 0.889. The van der Waals surface area contributed by atoms with Crippen LogP contribution >= 0.6 is 11.6 Å². The molecule has 2 atom stereocenters. The molecule has 6 nitrogen and oxygen atoms in total. The molecule has 1 amide bonds. The van der Waals surface area contributed by atoms with Gasteiger partial charge in [-0.3, -0.25) is 0 Å². The molecule has 8 heteroatoms. The van der Waals surface area contributed by atoms with Crippen LogP contribution in [0.15, 0.2) is 24.3 Å². The van der Waals surface area contributed by atoms with Gasteiger partial charge < -0.3 is 10.0 Å². The molecule has 2 unspecified atom stereocenters. The lowest BCUT2D eigenvalue weighted by Crippen LogP contribution is -2.36. The minimum absolute atomic E-state index is 0.0510. The molecule has 0 bridgehead atoms. The Bertz CT molecular complexity index is 695. The van der Waals surface area contributed by atoms with E-state index in [-0.39, 0.29) is 17.6 Å². The SMILES string of the molecule is O=C(O)N1CC2CN(S(=O)(=O)CCc3cccc(Cl)c3)CC2C1. The number of carbonyl (C=O) groups is 1. The summed E-state index contributed by atoms with van der Waals surface area (Å²) in [7, 11) is -3.33. The second-order valence-corrected chi connectivity index (χ2v) is 8.75. The monoisotopic (exact) mass is 358 g/mol. The molecule has 2 fully saturated rings. The molecule has 126 valence electrons. The molecule has 0 radical (unpaired) electrons. The number of fused-ring (bicyclic) bond motifs is 1. The Morgan fingerprint density at radius 2 is 1.87 bits per heavy atom. The first kappa shape index (κ1) is 16.5. The Morgan fingerprint density at radius 3 is 2.43 bits per heavy atom. The van der Waals surface area contributed by atoms with Crippen LogP contribution < -0.4 is 0 Å². The van der Waals surface area contributed by atoms with E-state index in [1.165, 1.54) is 9.21 Å². The van der Waals surface area contributed by atoms with E-state index in [1.54, 1.807) is 12.1 Å². The van der Waals surface area contributed by atoms with E-state index in [1.807, 2.05) is 12.1 Å². The van der Waals surface area contributed by atoms with Gasteiger partial charge in [0, 0.05) is 31.2 Å². The summed E-state index contributed by atoms with van der Waals surface area (Å²) in [5.74, 6) is 0.286. The highest BCUT2D eigenvalue weighted by atomic mass is 35.5. The molecule has 1 aromatic carbocycles. The Hall–Kier alpha value is -1.31. The van der Waals surface area contributed by atoms with Crippen molar-refractivity contribution in [1.82, 2.24) is 9.21 Å². The Kier molecular flexibility index (Phi) is 4.53. The summed E-state index contributed by atoms with van der Waals surface area (Å²) in [5, 5.41) is 9.61. The van der Waals surface area contributed by atoms with E-state index in [0.717, 1.165) is 5.56 Å². The lowest BCUT2D eigenvalue weighted by atomic mass is 10.0. The first-order valence-electron chi connectivity index (χ1n) is 7.55. The van der Waals surface area contributed by atoms with Gasteiger partial charge >= 0.3 is 6.09 Å². The number of nitrogens with zero attached hydrogens (tertiary/aromatic N) is 2. The summed E-state index contributed by atoms with van der Waals surface area (Å²) >= 11 is 5.91. The van der Waals surface area contributed by atoms with E-state index >= 15 is 0 Å². The fourth-order valence-electron chi connectivity index (χ4n) is 3.40. The van der Waals surface area contributed by atoms with Crippen molar-refractivity contribution >= 4 is 27.7 Å². The van der Waals surface area contributed by atoms with Gasteiger partial charge in [0.1, 0.15) is 0 Å². The highest BCUT2D eigenvalue weighted by Crippen LogP contribution is 2.32. The summed E-state index contributed by atoms with van der Waals surface area (Å²) in [6.07, 6.45) is -0.495. The van der Waals surface area contributed by atoms with Crippen LogP contribution in [-0.2, 0) is 16.4 Å². The van der Waals surface area contributed by atoms with Crippen LogP contribution in [0.3, 0.4) is 0 Å². The average Bonchev–Trinajstić information content (AvgIpc) is 3.04. The summed E-state index contributed by atoms with van der Waals surface area (Å²) in [6.45, 7) is 1.71. The van der Waals surface area contributed by atoms with Gasteiger partial charge in [-0.25, -0.2) is 17.5 Å². The van der Waals surface area contributed by atoms with Crippen LogP contribution in [0.1, 0.15) is 5.56 Å². The second kappa shape index (κ2) is 6.30. The van der Waals surface area contributed by atoms with Crippen molar-refractivity contribution in [1.29, 1.82) is 0 Å². The van der Waals surface area contributed by atoms with Gasteiger partial charge in [-0.2, -0.15) is 0 Å². The fourth-order valence-corrected chi connectivity index (χ4v) is 5.20. The summed E-state index contributed by atoms with van der Waals surface area (Å²) in [6, 6.07) is 7.21. The number of hydrogen-bond acceptors (Lipinski definition) is 3. The minimum Gasteiger partial charge on any atom is -0.465 e. The van der Waals surface area contributed by atoms with Crippen LogP contribution in [0.4, 0.5) is 4.79 Å². The third-order valence-corrected chi connectivity index (χ3v) is 6.69. The number of carboxylic acid groups (broad SMARTS) is 1. The van der Waals surface area contributed by atoms with Gasteiger partial charge in [0.2, 0.25) is 10.0 Å². The number of sulfonamides is 1. The summed E-state index contributed by atoms with van der Waals surface area (Å²) in [4.78, 5) is 12.4. The molecule has 2 saturated heterocycles. The van der Waals surface area contributed by atoms with Gasteiger partial charge in [0.25, 0.3) is 0 Å². The van der Waals surface area contributed by atoms with Gasteiger partial charge in [0.15, 0.2) is 0 Å². The number of amides is 1. The van der Waals surface area contributed by atoms with E-state index in [2.05, 4.69) is 0 Å². The van der Waals surface area contributed by atoms with E-state index < -0.39 is 16.1 Å². The molecule has 0 spiro atoms. The third kappa shape index (κ3) is 3.62. The van der Waals surface area contributed by atoms with Crippen molar-refractivity contribution in [2.24, 2.45) is 11.8 Å². The zero-order valence-corrected chi connectivity index (χ0v) is 14.1. The lowest BCUT2D eigenvalue weighted by molar-refractivity contribution is 0.151. The minimum atomic E-state index is -3.33. The second-order valence-electron chi connectivity index (χ2n) is 6.22. The molecule has 0 aliphatic carbocycles. The van der Waals surface area contributed by atoms with Crippen molar-refractivity contribution in [3.63, 3.8) is 0 Å². The van der Waals surface area contributed by atoms with Crippen LogP contribution in [0.2, 0.25) is 5.02 Å². The highest BCUT2D eigenvalue weighted by Gasteiger charge is 2.44. The van der Waals surface area contributed by atoms with Gasteiger partial charge in [-0.05, 0) is 36.0 Å². The molecular formula is C15H19ClN2O4S.